The quantitative estimate of drug-likeness (QED) is 0.567. The monoisotopic (exact) mass is 402 g/mol. The van der Waals surface area contributed by atoms with Gasteiger partial charge in [-0.1, -0.05) is 36.4 Å². The predicted molar refractivity (Wildman–Crippen MR) is 113 cm³/mol. The minimum absolute atomic E-state index is 0.0344. The van der Waals surface area contributed by atoms with E-state index in [1.807, 2.05) is 24.3 Å². The molecular formula is C22H18N4O2S. The van der Waals surface area contributed by atoms with Gasteiger partial charge < -0.3 is 5.32 Å². The van der Waals surface area contributed by atoms with E-state index in [1.165, 1.54) is 38.6 Å². The van der Waals surface area contributed by atoms with Crippen LogP contribution in [0.1, 0.15) is 27.0 Å². The van der Waals surface area contributed by atoms with Crippen LogP contribution in [-0.2, 0) is 19.6 Å². The molecular weight excluding hydrogens is 384 g/mol. The molecule has 0 unspecified atom stereocenters. The Labute approximate surface area is 171 Å². The predicted octanol–water partition coefficient (Wildman–Crippen LogP) is 3.52. The van der Waals surface area contributed by atoms with Crippen LogP contribution in [0.4, 0.5) is 5.69 Å². The second-order valence-corrected chi connectivity index (χ2v) is 7.97. The molecule has 2 aromatic carbocycles. The Hall–Kier alpha value is -3.29. The van der Waals surface area contributed by atoms with Gasteiger partial charge in [0.2, 0.25) is 0 Å². The lowest BCUT2D eigenvalue weighted by atomic mass is 10.1. The van der Waals surface area contributed by atoms with Crippen LogP contribution in [0.25, 0.3) is 4.96 Å². The fourth-order valence-electron chi connectivity index (χ4n) is 3.68. The fraction of sp³-hybridized carbons (Fsp3) is 0.136. The van der Waals surface area contributed by atoms with Gasteiger partial charge in [0, 0.05) is 43.1 Å². The van der Waals surface area contributed by atoms with Gasteiger partial charge in [0.25, 0.3) is 11.5 Å². The fourth-order valence-corrected chi connectivity index (χ4v) is 4.35. The van der Waals surface area contributed by atoms with E-state index in [1.54, 1.807) is 11.6 Å². The summed E-state index contributed by atoms with van der Waals surface area (Å²) in [6, 6.07) is 16.3. The number of thiazole rings is 1. The van der Waals surface area contributed by atoms with Crippen molar-refractivity contribution in [3.63, 3.8) is 0 Å². The molecule has 29 heavy (non-hydrogen) atoms. The van der Waals surface area contributed by atoms with Crippen LogP contribution in [0.5, 0.6) is 0 Å². The van der Waals surface area contributed by atoms with Crippen molar-refractivity contribution in [1.29, 1.82) is 0 Å². The number of hydrogen-bond acceptors (Lipinski definition) is 5. The Morgan fingerprint density at radius 2 is 1.93 bits per heavy atom. The molecule has 0 atom stereocenters. The van der Waals surface area contributed by atoms with Crippen LogP contribution in [0, 0.1) is 0 Å². The first-order valence-electron chi connectivity index (χ1n) is 9.32. The average molecular weight is 402 g/mol. The number of amides is 1. The zero-order chi connectivity index (χ0) is 19.8. The molecule has 1 amide bonds. The van der Waals surface area contributed by atoms with Gasteiger partial charge in [-0.15, -0.1) is 11.3 Å². The number of carbonyl (C=O) groups excluding carboxylic acids is 1. The number of aromatic nitrogens is 2. The highest BCUT2D eigenvalue weighted by Gasteiger charge is 2.20. The zero-order valence-electron chi connectivity index (χ0n) is 15.5. The number of carbonyl (C=O) groups is 1. The topological polar surface area (TPSA) is 66.7 Å². The van der Waals surface area contributed by atoms with Crippen molar-refractivity contribution in [2.24, 2.45) is 0 Å². The molecule has 0 saturated heterocycles. The van der Waals surface area contributed by atoms with Crippen molar-refractivity contribution in [3.05, 3.63) is 98.9 Å². The first-order chi connectivity index (χ1) is 14.2. The van der Waals surface area contributed by atoms with E-state index in [-0.39, 0.29) is 11.1 Å². The Morgan fingerprint density at radius 3 is 2.79 bits per heavy atom. The van der Waals surface area contributed by atoms with Crippen LogP contribution in [0.2, 0.25) is 0 Å². The molecule has 4 aromatic rings. The minimum atomic E-state index is -0.442. The molecule has 1 N–H and O–H groups in total. The Bertz CT molecular complexity index is 1260. The van der Waals surface area contributed by atoms with Gasteiger partial charge in [-0.2, -0.15) is 0 Å². The highest BCUT2D eigenvalue weighted by atomic mass is 32.1. The summed E-state index contributed by atoms with van der Waals surface area (Å²) in [5.41, 5.74) is 4.11. The summed E-state index contributed by atoms with van der Waals surface area (Å²) < 4.78 is 1.39. The molecule has 6 nitrogen and oxygen atoms in total. The van der Waals surface area contributed by atoms with E-state index in [9.17, 15) is 9.59 Å². The maximum Gasteiger partial charge on any atom is 0.271 e. The maximum absolute atomic E-state index is 12.6. The van der Waals surface area contributed by atoms with E-state index in [2.05, 4.69) is 39.5 Å². The van der Waals surface area contributed by atoms with Gasteiger partial charge >= 0.3 is 0 Å². The van der Waals surface area contributed by atoms with E-state index in [0.29, 0.717) is 10.6 Å². The third-order valence-corrected chi connectivity index (χ3v) is 5.86. The highest BCUT2D eigenvalue weighted by molar-refractivity contribution is 7.15. The van der Waals surface area contributed by atoms with E-state index >= 15 is 0 Å². The van der Waals surface area contributed by atoms with Crippen molar-refractivity contribution in [2.45, 2.75) is 19.6 Å². The molecule has 0 spiro atoms. The van der Waals surface area contributed by atoms with Crippen molar-refractivity contribution < 1.29 is 4.79 Å². The third-order valence-electron chi connectivity index (χ3n) is 5.09. The van der Waals surface area contributed by atoms with Gasteiger partial charge in [0.05, 0.1) is 0 Å². The van der Waals surface area contributed by atoms with E-state index in [0.717, 1.165) is 19.6 Å². The van der Waals surface area contributed by atoms with Crippen LogP contribution < -0.4 is 10.9 Å². The molecule has 7 heteroatoms. The average Bonchev–Trinajstić information content (AvgIpc) is 3.35. The van der Waals surface area contributed by atoms with Crippen molar-refractivity contribution in [1.82, 2.24) is 14.3 Å². The molecule has 1 aliphatic heterocycles. The molecule has 0 fully saturated rings. The maximum atomic E-state index is 12.6. The Kier molecular flexibility index (Phi) is 4.46. The lowest BCUT2D eigenvalue weighted by Crippen LogP contribution is -2.25. The number of hydrogen-bond donors (Lipinski definition) is 1. The van der Waals surface area contributed by atoms with Crippen molar-refractivity contribution >= 4 is 27.9 Å². The van der Waals surface area contributed by atoms with Gasteiger partial charge in [-0.3, -0.25) is 18.9 Å². The van der Waals surface area contributed by atoms with Gasteiger partial charge in [-0.05, 0) is 28.8 Å². The molecule has 0 saturated carbocycles. The zero-order valence-corrected chi connectivity index (χ0v) is 16.4. The summed E-state index contributed by atoms with van der Waals surface area (Å²) in [6.45, 7) is 2.61. The minimum Gasteiger partial charge on any atom is -0.322 e. The summed E-state index contributed by atoms with van der Waals surface area (Å²) in [7, 11) is 0. The summed E-state index contributed by atoms with van der Waals surface area (Å²) in [6.07, 6.45) is 2.97. The SMILES string of the molecule is O=C(Nc1ccc2c(c1)CN(Cc1ccccc1)C2)c1cnc2sccn2c1=O. The van der Waals surface area contributed by atoms with Gasteiger partial charge in [0.1, 0.15) is 5.56 Å². The van der Waals surface area contributed by atoms with Crippen LogP contribution >= 0.6 is 11.3 Å². The molecule has 2 aromatic heterocycles. The largest absolute Gasteiger partial charge is 0.322 e. The Balaban J connectivity index is 1.32. The Morgan fingerprint density at radius 1 is 1.10 bits per heavy atom. The molecule has 5 rings (SSSR count). The summed E-state index contributed by atoms with van der Waals surface area (Å²) in [5.74, 6) is -0.442. The van der Waals surface area contributed by atoms with Crippen molar-refractivity contribution in [3.8, 4) is 0 Å². The number of rotatable bonds is 4. The molecule has 0 radical (unpaired) electrons. The summed E-state index contributed by atoms with van der Waals surface area (Å²) in [5, 5.41) is 4.61. The normalized spacial score (nSPS) is 13.5. The highest BCUT2D eigenvalue weighted by Crippen LogP contribution is 2.27. The lowest BCUT2D eigenvalue weighted by molar-refractivity contribution is 0.102. The van der Waals surface area contributed by atoms with E-state index in [4.69, 9.17) is 0 Å². The molecule has 0 aliphatic carbocycles. The standard InChI is InChI=1S/C22H18N4O2S/c27-20(19-11-23-22-26(21(19)28)8-9-29-22)24-18-7-6-16-13-25(14-17(16)10-18)12-15-4-2-1-3-5-15/h1-11H,12-14H2,(H,24,27). The third kappa shape index (κ3) is 3.46. The second-order valence-electron chi connectivity index (χ2n) is 7.10. The van der Waals surface area contributed by atoms with E-state index < -0.39 is 5.91 Å². The lowest BCUT2D eigenvalue weighted by Gasteiger charge is -2.14. The molecule has 144 valence electrons. The van der Waals surface area contributed by atoms with Gasteiger partial charge in [-0.25, -0.2) is 4.98 Å². The van der Waals surface area contributed by atoms with Gasteiger partial charge in [0.15, 0.2) is 4.96 Å². The van der Waals surface area contributed by atoms with Crippen LogP contribution in [-0.4, -0.2) is 20.2 Å². The second kappa shape index (κ2) is 7.27. The van der Waals surface area contributed by atoms with Crippen LogP contribution in [0.3, 0.4) is 0 Å². The summed E-state index contributed by atoms with van der Waals surface area (Å²) in [4.78, 5) is 32.2. The number of nitrogens with one attached hydrogen (secondary N) is 1. The first-order valence-corrected chi connectivity index (χ1v) is 10.2. The smallest absolute Gasteiger partial charge is 0.271 e. The molecule has 3 heterocycles. The number of fused-ring (bicyclic) bond motifs is 2. The van der Waals surface area contributed by atoms with Crippen LogP contribution in [0.15, 0.2) is 71.1 Å². The number of benzene rings is 2. The van der Waals surface area contributed by atoms with Crippen molar-refractivity contribution in [2.75, 3.05) is 5.32 Å². The number of nitrogens with zero attached hydrogens (tertiary/aromatic N) is 3. The number of anilines is 1. The molecule has 1 aliphatic rings. The molecule has 0 bridgehead atoms. The first kappa shape index (κ1) is 17.8. The summed E-state index contributed by atoms with van der Waals surface area (Å²) >= 11 is 1.36.